The van der Waals surface area contributed by atoms with Gasteiger partial charge in [0.15, 0.2) is 0 Å². The number of hydrogen-bond donors (Lipinski definition) is 1. The Morgan fingerprint density at radius 3 is 2.33 bits per heavy atom. The summed E-state index contributed by atoms with van der Waals surface area (Å²) in [5.74, 6) is 0. The second-order valence-corrected chi connectivity index (χ2v) is 5.16. The third kappa shape index (κ3) is 5.34. The van der Waals surface area contributed by atoms with Crippen LogP contribution in [0.2, 0.25) is 0 Å². The minimum atomic E-state index is -0.450. The Labute approximate surface area is 112 Å². The van der Waals surface area contributed by atoms with E-state index in [4.69, 9.17) is 4.74 Å². The number of methoxy groups -OCH3 is 1. The number of ether oxygens (including phenoxy) is 1. The van der Waals surface area contributed by atoms with Crippen molar-refractivity contribution >= 4 is 0 Å². The molecule has 0 bridgehead atoms. The molecular weight excluding hydrogens is 226 g/mol. The minimum absolute atomic E-state index is 0.351. The SMILES string of the molecule is CCNC(C)(C#N)CC(C)N(CC)C(C)COC. The van der Waals surface area contributed by atoms with Gasteiger partial charge in [-0.2, -0.15) is 5.26 Å². The molecule has 0 aliphatic heterocycles. The molecule has 3 atom stereocenters. The van der Waals surface area contributed by atoms with Crippen LogP contribution in [0.1, 0.15) is 41.0 Å². The number of likely N-dealkylation sites (N-methyl/N-ethyl adjacent to an activating group) is 1. The standard InChI is InChI=1S/C14H29N3O/c1-7-16-14(5,11-15)9-12(3)17(8-2)13(4)10-18-6/h12-13,16H,7-10H2,1-6H3. The summed E-state index contributed by atoms with van der Waals surface area (Å²) >= 11 is 0. The maximum Gasteiger partial charge on any atom is 0.105 e. The summed E-state index contributed by atoms with van der Waals surface area (Å²) in [6.07, 6.45) is 0.819. The van der Waals surface area contributed by atoms with E-state index < -0.39 is 5.54 Å². The monoisotopic (exact) mass is 255 g/mol. The lowest BCUT2D eigenvalue weighted by atomic mass is 9.93. The summed E-state index contributed by atoms with van der Waals surface area (Å²) in [6, 6.07) is 3.12. The Kier molecular flexibility index (Phi) is 8.17. The molecule has 0 spiro atoms. The highest BCUT2D eigenvalue weighted by atomic mass is 16.5. The molecule has 4 heteroatoms. The molecule has 3 unspecified atom stereocenters. The van der Waals surface area contributed by atoms with E-state index in [2.05, 4.69) is 37.1 Å². The number of hydrogen-bond acceptors (Lipinski definition) is 4. The predicted molar refractivity (Wildman–Crippen MR) is 75.5 cm³/mol. The molecule has 4 nitrogen and oxygen atoms in total. The Morgan fingerprint density at radius 1 is 1.33 bits per heavy atom. The van der Waals surface area contributed by atoms with Crippen molar-refractivity contribution in [2.45, 2.75) is 58.7 Å². The van der Waals surface area contributed by atoms with Crippen molar-refractivity contribution in [1.29, 1.82) is 5.26 Å². The van der Waals surface area contributed by atoms with Gasteiger partial charge in [-0.25, -0.2) is 0 Å². The fourth-order valence-corrected chi connectivity index (χ4v) is 2.65. The molecule has 0 aromatic heterocycles. The highest BCUT2D eigenvalue weighted by Crippen LogP contribution is 2.17. The zero-order valence-electron chi connectivity index (χ0n) is 12.8. The van der Waals surface area contributed by atoms with Crippen LogP contribution in [0, 0.1) is 11.3 Å². The first kappa shape index (κ1) is 17.4. The van der Waals surface area contributed by atoms with E-state index in [1.807, 2.05) is 13.8 Å². The summed E-state index contributed by atoms with van der Waals surface area (Å²) in [6.45, 7) is 13.0. The van der Waals surface area contributed by atoms with E-state index >= 15 is 0 Å². The number of nitrogens with one attached hydrogen (secondary N) is 1. The van der Waals surface area contributed by atoms with E-state index in [-0.39, 0.29) is 0 Å². The lowest BCUT2D eigenvalue weighted by molar-refractivity contribution is 0.0694. The molecule has 0 heterocycles. The Bertz CT molecular complexity index is 264. The van der Waals surface area contributed by atoms with Crippen molar-refractivity contribution in [2.24, 2.45) is 0 Å². The van der Waals surface area contributed by atoms with E-state index in [0.29, 0.717) is 12.1 Å². The molecule has 0 rings (SSSR count). The molecule has 0 aliphatic carbocycles. The van der Waals surface area contributed by atoms with Crippen molar-refractivity contribution < 1.29 is 4.74 Å². The minimum Gasteiger partial charge on any atom is -0.383 e. The van der Waals surface area contributed by atoms with E-state index in [1.165, 1.54) is 0 Å². The largest absolute Gasteiger partial charge is 0.383 e. The molecule has 0 aliphatic rings. The lowest BCUT2D eigenvalue weighted by Gasteiger charge is -2.37. The Morgan fingerprint density at radius 2 is 1.94 bits per heavy atom. The topological polar surface area (TPSA) is 48.3 Å². The van der Waals surface area contributed by atoms with Gasteiger partial charge in [-0.15, -0.1) is 0 Å². The number of nitriles is 1. The van der Waals surface area contributed by atoms with Crippen LogP contribution in [-0.4, -0.2) is 49.3 Å². The van der Waals surface area contributed by atoms with Gasteiger partial charge < -0.3 is 4.74 Å². The zero-order chi connectivity index (χ0) is 14.2. The van der Waals surface area contributed by atoms with Gasteiger partial charge in [0, 0.05) is 19.2 Å². The van der Waals surface area contributed by atoms with Crippen molar-refractivity contribution in [3.63, 3.8) is 0 Å². The summed E-state index contributed by atoms with van der Waals surface area (Å²) < 4.78 is 5.22. The number of nitrogens with zero attached hydrogens (tertiary/aromatic N) is 2. The summed E-state index contributed by atoms with van der Waals surface area (Å²) in [7, 11) is 1.73. The molecule has 106 valence electrons. The molecule has 0 aromatic carbocycles. The van der Waals surface area contributed by atoms with Gasteiger partial charge in [0.25, 0.3) is 0 Å². The highest BCUT2D eigenvalue weighted by Gasteiger charge is 2.29. The van der Waals surface area contributed by atoms with Gasteiger partial charge in [-0.3, -0.25) is 10.2 Å². The molecule has 0 amide bonds. The summed E-state index contributed by atoms with van der Waals surface area (Å²) in [5, 5.41) is 12.6. The average molecular weight is 255 g/mol. The van der Waals surface area contributed by atoms with Crippen LogP contribution in [-0.2, 0) is 4.74 Å². The third-order valence-corrected chi connectivity index (χ3v) is 3.42. The van der Waals surface area contributed by atoms with Gasteiger partial charge >= 0.3 is 0 Å². The van der Waals surface area contributed by atoms with Crippen LogP contribution in [0.5, 0.6) is 0 Å². The molecule has 0 radical (unpaired) electrons. The molecule has 1 N–H and O–H groups in total. The van der Waals surface area contributed by atoms with Gasteiger partial charge in [0.1, 0.15) is 5.54 Å². The van der Waals surface area contributed by atoms with E-state index in [1.54, 1.807) is 7.11 Å². The second-order valence-electron chi connectivity index (χ2n) is 5.16. The predicted octanol–water partition coefficient (Wildman–Crippen LogP) is 2.01. The first-order valence-corrected chi connectivity index (χ1v) is 6.85. The zero-order valence-corrected chi connectivity index (χ0v) is 12.8. The van der Waals surface area contributed by atoms with Crippen LogP contribution < -0.4 is 5.32 Å². The van der Waals surface area contributed by atoms with Gasteiger partial charge in [-0.05, 0) is 40.3 Å². The molecule has 0 aromatic rings. The van der Waals surface area contributed by atoms with Crippen molar-refractivity contribution in [3.8, 4) is 6.07 Å². The highest BCUT2D eigenvalue weighted by molar-refractivity contribution is 5.05. The third-order valence-electron chi connectivity index (χ3n) is 3.42. The fraction of sp³-hybridized carbons (Fsp3) is 0.929. The van der Waals surface area contributed by atoms with E-state index in [0.717, 1.165) is 26.1 Å². The van der Waals surface area contributed by atoms with Crippen LogP contribution >= 0.6 is 0 Å². The van der Waals surface area contributed by atoms with Crippen molar-refractivity contribution in [2.75, 3.05) is 26.8 Å². The quantitative estimate of drug-likeness (QED) is 0.685. The summed E-state index contributed by atoms with van der Waals surface area (Å²) in [5.41, 5.74) is -0.450. The first-order chi connectivity index (χ1) is 8.44. The van der Waals surface area contributed by atoms with Crippen LogP contribution in [0.4, 0.5) is 0 Å². The molecule has 0 saturated heterocycles. The number of rotatable bonds is 9. The molecule has 18 heavy (non-hydrogen) atoms. The van der Waals surface area contributed by atoms with Crippen molar-refractivity contribution in [1.82, 2.24) is 10.2 Å². The molecule has 0 fully saturated rings. The van der Waals surface area contributed by atoms with Crippen LogP contribution in [0.3, 0.4) is 0 Å². The Hall–Kier alpha value is -0.630. The lowest BCUT2D eigenvalue weighted by Crippen LogP contribution is -2.50. The summed E-state index contributed by atoms with van der Waals surface area (Å²) in [4.78, 5) is 2.39. The van der Waals surface area contributed by atoms with Gasteiger partial charge in [0.2, 0.25) is 0 Å². The van der Waals surface area contributed by atoms with E-state index in [9.17, 15) is 5.26 Å². The van der Waals surface area contributed by atoms with Crippen LogP contribution in [0.15, 0.2) is 0 Å². The molecular formula is C14H29N3O. The van der Waals surface area contributed by atoms with Crippen molar-refractivity contribution in [3.05, 3.63) is 0 Å². The smallest absolute Gasteiger partial charge is 0.105 e. The fourth-order valence-electron chi connectivity index (χ4n) is 2.65. The average Bonchev–Trinajstić information content (AvgIpc) is 2.30. The second kappa shape index (κ2) is 8.47. The Balaban J connectivity index is 4.60. The first-order valence-electron chi connectivity index (χ1n) is 6.85. The maximum absolute atomic E-state index is 9.31. The van der Waals surface area contributed by atoms with Crippen LogP contribution in [0.25, 0.3) is 0 Å². The van der Waals surface area contributed by atoms with Gasteiger partial charge in [-0.1, -0.05) is 13.8 Å². The van der Waals surface area contributed by atoms with Gasteiger partial charge in [0.05, 0.1) is 12.7 Å². The molecule has 0 saturated carbocycles. The maximum atomic E-state index is 9.31. The normalized spacial score (nSPS) is 18.1.